The summed E-state index contributed by atoms with van der Waals surface area (Å²) < 4.78 is 39.2. The highest BCUT2D eigenvalue weighted by Crippen LogP contribution is 2.12. The molecule has 1 unspecified atom stereocenters. The van der Waals surface area contributed by atoms with Gasteiger partial charge in [-0.3, -0.25) is 9.59 Å². The predicted octanol–water partition coefficient (Wildman–Crippen LogP) is 1.20. The fourth-order valence-corrected chi connectivity index (χ4v) is 3.60. The zero-order valence-corrected chi connectivity index (χ0v) is 16.1. The quantitative estimate of drug-likeness (QED) is 0.579. The number of nitrogens with one attached hydrogen (secondary N) is 2. The summed E-state index contributed by atoms with van der Waals surface area (Å²) in [5.74, 6) is -2.09. The molecule has 0 fully saturated rings. The van der Waals surface area contributed by atoms with E-state index in [1.807, 2.05) is 0 Å². The first-order valence-electron chi connectivity index (χ1n) is 8.64. The highest BCUT2D eigenvalue weighted by atomic mass is 32.2. The van der Waals surface area contributed by atoms with Gasteiger partial charge < -0.3 is 11.1 Å². The van der Waals surface area contributed by atoms with Crippen molar-refractivity contribution in [1.29, 1.82) is 0 Å². The molecule has 4 N–H and O–H groups in total. The van der Waals surface area contributed by atoms with Crippen LogP contribution in [-0.4, -0.2) is 33.3 Å². The molecule has 0 saturated carbocycles. The molecule has 9 heteroatoms. The molecule has 28 heavy (non-hydrogen) atoms. The van der Waals surface area contributed by atoms with Crippen LogP contribution in [0.2, 0.25) is 0 Å². The van der Waals surface area contributed by atoms with Crippen molar-refractivity contribution >= 4 is 21.8 Å². The first-order chi connectivity index (χ1) is 13.2. The van der Waals surface area contributed by atoms with Gasteiger partial charge in [-0.25, -0.2) is 17.5 Å². The van der Waals surface area contributed by atoms with Crippen molar-refractivity contribution in [2.75, 3.05) is 13.1 Å². The Bertz CT molecular complexity index is 929. The van der Waals surface area contributed by atoms with E-state index in [2.05, 4.69) is 10.0 Å². The Morgan fingerprint density at radius 3 is 2.21 bits per heavy atom. The summed E-state index contributed by atoms with van der Waals surface area (Å²) in [6.07, 6.45) is 0.260. The van der Waals surface area contributed by atoms with Crippen LogP contribution in [0.3, 0.4) is 0 Å². The van der Waals surface area contributed by atoms with Gasteiger partial charge in [-0.2, -0.15) is 0 Å². The van der Waals surface area contributed by atoms with E-state index in [-0.39, 0.29) is 35.8 Å². The molecule has 2 rings (SSSR count). The molecule has 0 saturated heterocycles. The van der Waals surface area contributed by atoms with Crippen molar-refractivity contribution in [3.8, 4) is 0 Å². The van der Waals surface area contributed by atoms with Gasteiger partial charge in [-0.15, -0.1) is 0 Å². The fourth-order valence-electron chi connectivity index (χ4n) is 2.56. The topological polar surface area (TPSA) is 118 Å². The summed E-state index contributed by atoms with van der Waals surface area (Å²) in [5.41, 5.74) is 6.37. The summed E-state index contributed by atoms with van der Waals surface area (Å²) in [6.45, 7) is 1.93. The molecule has 0 aromatic heterocycles. The number of sulfonamides is 1. The van der Waals surface area contributed by atoms with Crippen molar-refractivity contribution < 1.29 is 22.4 Å². The van der Waals surface area contributed by atoms with Gasteiger partial charge in [0.2, 0.25) is 15.9 Å². The van der Waals surface area contributed by atoms with E-state index < -0.39 is 27.8 Å². The summed E-state index contributed by atoms with van der Waals surface area (Å²) in [7, 11) is -3.60. The van der Waals surface area contributed by atoms with Gasteiger partial charge in [0.05, 0.1) is 10.8 Å². The lowest BCUT2D eigenvalue weighted by Gasteiger charge is -2.15. The molecule has 2 amide bonds. The molecule has 0 heterocycles. The van der Waals surface area contributed by atoms with Gasteiger partial charge in [0.1, 0.15) is 5.82 Å². The zero-order chi connectivity index (χ0) is 20.7. The van der Waals surface area contributed by atoms with Gasteiger partial charge in [-0.05, 0) is 48.4 Å². The number of carbonyl (C=O) groups is 2. The maximum Gasteiger partial charge on any atom is 0.251 e. The number of hydrogen-bond acceptors (Lipinski definition) is 4. The Balaban J connectivity index is 2.00. The third-order valence-corrected chi connectivity index (χ3v) is 5.63. The molecule has 0 aliphatic rings. The second-order valence-electron chi connectivity index (χ2n) is 6.17. The molecule has 0 spiro atoms. The van der Waals surface area contributed by atoms with Crippen molar-refractivity contribution in [3.63, 3.8) is 0 Å². The lowest BCUT2D eigenvalue weighted by Crippen LogP contribution is -2.37. The Labute approximate surface area is 163 Å². The van der Waals surface area contributed by atoms with Crippen LogP contribution in [0.4, 0.5) is 4.39 Å². The van der Waals surface area contributed by atoms with E-state index in [1.54, 1.807) is 19.1 Å². The van der Waals surface area contributed by atoms with Gasteiger partial charge in [0.15, 0.2) is 0 Å². The van der Waals surface area contributed by atoms with Gasteiger partial charge >= 0.3 is 0 Å². The molecule has 0 aliphatic carbocycles. The Morgan fingerprint density at radius 1 is 1.07 bits per heavy atom. The Hall–Kier alpha value is -2.78. The van der Waals surface area contributed by atoms with Crippen LogP contribution in [0.15, 0.2) is 53.4 Å². The van der Waals surface area contributed by atoms with Crippen LogP contribution in [0.25, 0.3) is 0 Å². The van der Waals surface area contributed by atoms with E-state index in [9.17, 15) is 22.4 Å². The standard InChI is InChI=1S/C19H22FN3O4S/c1-2-23-28(26,27)17-9-5-14(6-10-17)19(25)22-12-15(18(21)24)11-13-3-7-16(20)8-4-13/h3-10,15,23H,2,11-12H2,1H3,(H2,21,24)(H,22,25). The highest BCUT2D eigenvalue weighted by molar-refractivity contribution is 7.89. The molecule has 2 aromatic carbocycles. The molecular weight excluding hydrogens is 385 g/mol. The maximum absolute atomic E-state index is 13.0. The van der Waals surface area contributed by atoms with E-state index in [0.29, 0.717) is 0 Å². The summed E-state index contributed by atoms with van der Waals surface area (Å²) in [4.78, 5) is 24.0. The number of rotatable bonds is 9. The van der Waals surface area contributed by atoms with Gasteiger partial charge in [0, 0.05) is 18.7 Å². The molecule has 150 valence electrons. The van der Waals surface area contributed by atoms with Crippen LogP contribution >= 0.6 is 0 Å². The van der Waals surface area contributed by atoms with Gasteiger partial charge in [0.25, 0.3) is 5.91 Å². The second-order valence-corrected chi connectivity index (χ2v) is 7.93. The van der Waals surface area contributed by atoms with Crippen molar-refractivity contribution in [2.45, 2.75) is 18.2 Å². The molecule has 7 nitrogen and oxygen atoms in total. The van der Waals surface area contributed by atoms with E-state index in [1.165, 1.54) is 36.4 Å². The number of benzene rings is 2. The first kappa shape index (κ1) is 21.5. The fraction of sp³-hybridized carbons (Fsp3) is 0.263. The third-order valence-electron chi connectivity index (χ3n) is 4.07. The van der Waals surface area contributed by atoms with Crippen LogP contribution in [0.1, 0.15) is 22.8 Å². The average Bonchev–Trinajstić information content (AvgIpc) is 2.66. The lowest BCUT2D eigenvalue weighted by molar-refractivity contribution is -0.121. The maximum atomic E-state index is 13.0. The predicted molar refractivity (Wildman–Crippen MR) is 102 cm³/mol. The largest absolute Gasteiger partial charge is 0.369 e. The van der Waals surface area contributed by atoms with Crippen molar-refractivity contribution in [1.82, 2.24) is 10.0 Å². The third kappa shape index (κ3) is 5.86. The molecule has 2 aromatic rings. The smallest absolute Gasteiger partial charge is 0.251 e. The second kappa shape index (κ2) is 9.43. The van der Waals surface area contributed by atoms with E-state index >= 15 is 0 Å². The van der Waals surface area contributed by atoms with Crippen LogP contribution < -0.4 is 15.8 Å². The number of carbonyl (C=O) groups excluding carboxylic acids is 2. The monoisotopic (exact) mass is 407 g/mol. The number of amides is 2. The summed E-state index contributed by atoms with van der Waals surface area (Å²) in [5, 5.41) is 2.62. The van der Waals surface area contributed by atoms with Crippen LogP contribution in [-0.2, 0) is 21.2 Å². The number of hydrogen-bond donors (Lipinski definition) is 3. The number of halogens is 1. The molecule has 0 bridgehead atoms. The minimum absolute atomic E-state index is 0.00296. The minimum atomic E-state index is -3.60. The summed E-state index contributed by atoms with van der Waals surface area (Å²) in [6, 6.07) is 11.1. The SMILES string of the molecule is CCNS(=O)(=O)c1ccc(C(=O)NCC(Cc2ccc(F)cc2)C(N)=O)cc1. The Morgan fingerprint density at radius 2 is 1.68 bits per heavy atom. The first-order valence-corrected chi connectivity index (χ1v) is 10.1. The van der Waals surface area contributed by atoms with Crippen LogP contribution in [0.5, 0.6) is 0 Å². The molecular formula is C19H22FN3O4S. The van der Waals surface area contributed by atoms with E-state index in [4.69, 9.17) is 5.73 Å². The lowest BCUT2D eigenvalue weighted by atomic mass is 9.98. The zero-order valence-electron chi connectivity index (χ0n) is 15.3. The minimum Gasteiger partial charge on any atom is -0.369 e. The number of primary amides is 1. The number of nitrogens with two attached hydrogens (primary N) is 1. The van der Waals surface area contributed by atoms with Gasteiger partial charge in [-0.1, -0.05) is 19.1 Å². The van der Waals surface area contributed by atoms with Crippen molar-refractivity contribution in [2.24, 2.45) is 11.7 Å². The molecule has 0 aliphatic heterocycles. The van der Waals surface area contributed by atoms with Crippen LogP contribution in [0, 0.1) is 11.7 Å². The highest BCUT2D eigenvalue weighted by Gasteiger charge is 2.18. The normalized spacial score (nSPS) is 12.4. The average molecular weight is 407 g/mol. The molecule has 0 radical (unpaired) electrons. The Kier molecular flexibility index (Phi) is 7.24. The van der Waals surface area contributed by atoms with Crippen molar-refractivity contribution in [3.05, 3.63) is 65.5 Å². The van der Waals surface area contributed by atoms with E-state index in [0.717, 1.165) is 5.56 Å². The molecule has 1 atom stereocenters. The summed E-state index contributed by atoms with van der Waals surface area (Å²) >= 11 is 0.